The minimum atomic E-state index is -0.0737. The number of benzene rings is 2. The molecule has 2 aromatic carbocycles. The molecule has 27 heavy (non-hydrogen) atoms. The van der Waals surface area contributed by atoms with E-state index in [1.807, 2.05) is 19.2 Å². The minimum Gasteiger partial charge on any atom is -0.484 e. The van der Waals surface area contributed by atoms with Crippen LogP contribution in [-0.4, -0.2) is 26.3 Å². The average Bonchev–Trinajstić information content (AvgIpc) is 3.01. The summed E-state index contributed by atoms with van der Waals surface area (Å²) in [5.74, 6) is 1.33. The Labute approximate surface area is 175 Å². The second-order valence-corrected chi connectivity index (χ2v) is 7.68. The summed E-state index contributed by atoms with van der Waals surface area (Å²) in [4.78, 5) is 12.3. The summed E-state index contributed by atoms with van der Waals surface area (Å²) in [6.07, 6.45) is 0. The Bertz CT molecular complexity index is 978. The van der Waals surface area contributed by atoms with Crippen molar-refractivity contribution in [3.8, 4) is 5.75 Å². The summed E-state index contributed by atoms with van der Waals surface area (Å²) in [5, 5.41) is 10.1. The van der Waals surface area contributed by atoms with Crippen molar-refractivity contribution in [3.05, 3.63) is 68.9 Å². The molecule has 140 valence electrons. The maximum atomic E-state index is 12.3. The summed E-state index contributed by atoms with van der Waals surface area (Å²) in [6.45, 7) is 0.217. The summed E-state index contributed by atoms with van der Waals surface area (Å²) in [5.41, 5.74) is 0.501. The van der Waals surface area contributed by atoms with Gasteiger partial charge in [-0.05, 0) is 30.3 Å². The van der Waals surface area contributed by atoms with E-state index in [9.17, 15) is 4.79 Å². The van der Waals surface area contributed by atoms with E-state index in [4.69, 9.17) is 39.5 Å². The first-order chi connectivity index (χ1) is 13.0. The van der Waals surface area contributed by atoms with Gasteiger partial charge >= 0.3 is 0 Å². The van der Waals surface area contributed by atoms with E-state index < -0.39 is 0 Å². The van der Waals surface area contributed by atoms with Gasteiger partial charge in [-0.25, -0.2) is 0 Å². The summed E-state index contributed by atoms with van der Waals surface area (Å²) >= 11 is 19.2. The van der Waals surface area contributed by atoms with Crippen LogP contribution in [-0.2, 0) is 13.7 Å². The van der Waals surface area contributed by atoms with Crippen LogP contribution in [0.15, 0.2) is 47.6 Å². The zero-order valence-corrected chi connectivity index (χ0v) is 17.2. The highest BCUT2D eigenvalue weighted by Gasteiger charge is 2.14. The van der Waals surface area contributed by atoms with Gasteiger partial charge < -0.3 is 9.30 Å². The van der Waals surface area contributed by atoms with Crippen molar-refractivity contribution < 1.29 is 9.53 Å². The first kappa shape index (κ1) is 20.0. The number of thioether (sulfide) groups is 1. The van der Waals surface area contributed by atoms with Crippen molar-refractivity contribution >= 4 is 52.3 Å². The van der Waals surface area contributed by atoms with Gasteiger partial charge in [-0.2, -0.15) is 0 Å². The molecule has 0 aliphatic carbocycles. The number of para-hydroxylation sites is 1. The molecule has 0 atom stereocenters. The van der Waals surface area contributed by atoms with Gasteiger partial charge in [-0.3, -0.25) is 4.79 Å². The molecule has 0 amide bonds. The lowest BCUT2D eigenvalue weighted by molar-refractivity contribution is 0.102. The molecule has 0 unspecified atom stereocenters. The number of ketones is 1. The van der Waals surface area contributed by atoms with Crippen LogP contribution in [0.1, 0.15) is 16.2 Å². The highest BCUT2D eigenvalue weighted by Crippen LogP contribution is 2.26. The largest absolute Gasteiger partial charge is 0.484 e. The van der Waals surface area contributed by atoms with Crippen molar-refractivity contribution in [1.29, 1.82) is 0 Å². The number of carbonyl (C=O) groups is 1. The normalized spacial score (nSPS) is 10.8. The molecule has 0 radical (unpaired) electrons. The molecular formula is C18H14Cl3N3O2S. The van der Waals surface area contributed by atoms with E-state index in [-0.39, 0.29) is 18.1 Å². The third kappa shape index (κ3) is 4.96. The van der Waals surface area contributed by atoms with E-state index in [0.717, 1.165) is 0 Å². The molecule has 3 aromatic rings. The number of nitrogens with zero attached hydrogens (tertiary/aromatic N) is 3. The highest BCUT2D eigenvalue weighted by molar-refractivity contribution is 7.99. The van der Waals surface area contributed by atoms with Crippen LogP contribution in [0.25, 0.3) is 0 Å². The number of rotatable bonds is 7. The third-order valence-corrected chi connectivity index (χ3v) is 5.76. The number of hydrogen-bond acceptors (Lipinski definition) is 5. The van der Waals surface area contributed by atoms with Gasteiger partial charge in [0.15, 0.2) is 16.8 Å². The Kier molecular flexibility index (Phi) is 6.65. The van der Waals surface area contributed by atoms with Crippen LogP contribution in [0.3, 0.4) is 0 Å². The van der Waals surface area contributed by atoms with Gasteiger partial charge in [0.1, 0.15) is 12.4 Å². The van der Waals surface area contributed by atoms with Gasteiger partial charge in [-0.1, -0.05) is 58.7 Å². The summed E-state index contributed by atoms with van der Waals surface area (Å²) in [7, 11) is 1.82. The first-order valence-corrected chi connectivity index (χ1v) is 9.94. The van der Waals surface area contributed by atoms with E-state index in [1.165, 1.54) is 11.8 Å². The minimum absolute atomic E-state index is 0.0737. The predicted molar refractivity (Wildman–Crippen MR) is 108 cm³/mol. The number of halogens is 3. The Balaban J connectivity index is 1.61. The van der Waals surface area contributed by atoms with Crippen LogP contribution in [0.5, 0.6) is 5.75 Å². The molecule has 1 aromatic heterocycles. The number of hydrogen-bond donors (Lipinski definition) is 0. The van der Waals surface area contributed by atoms with Crippen LogP contribution in [0, 0.1) is 0 Å². The van der Waals surface area contributed by atoms with Gasteiger partial charge in [0, 0.05) is 12.6 Å². The Morgan fingerprint density at radius 1 is 1.07 bits per heavy atom. The zero-order valence-electron chi connectivity index (χ0n) is 14.2. The fourth-order valence-corrected chi connectivity index (χ4v) is 3.50. The lowest BCUT2D eigenvalue weighted by Gasteiger charge is -2.07. The average molecular weight is 443 g/mol. The lowest BCUT2D eigenvalue weighted by atomic mass is 10.1. The second-order valence-electron chi connectivity index (χ2n) is 5.52. The van der Waals surface area contributed by atoms with Gasteiger partial charge in [-0.15, -0.1) is 10.2 Å². The quantitative estimate of drug-likeness (QED) is 0.366. The van der Waals surface area contributed by atoms with E-state index >= 15 is 0 Å². The van der Waals surface area contributed by atoms with Gasteiger partial charge in [0.2, 0.25) is 0 Å². The topological polar surface area (TPSA) is 57.0 Å². The van der Waals surface area contributed by atoms with Crippen LogP contribution >= 0.6 is 46.6 Å². The third-order valence-electron chi connectivity index (χ3n) is 3.69. The van der Waals surface area contributed by atoms with Crippen molar-refractivity contribution in [3.63, 3.8) is 0 Å². The molecule has 0 spiro atoms. The summed E-state index contributed by atoms with van der Waals surface area (Å²) in [6, 6.07) is 12.0. The second kappa shape index (κ2) is 8.97. The van der Waals surface area contributed by atoms with Crippen LogP contribution in [0.4, 0.5) is 0 Å². The van der Waals surface area contributed by atoms with E-state index in [1.54, 1.807) is 34.9 Å². The van der Waals surface area contributed by atoms with Crippen molar-refractivity contribution in [2.75, 3.05) is 5.75 Å². The molecule has 0 saturated heterocycles. The standard InChI is InChI=1S/C18H14Cl3N3O2S/c1-24-17(9-26-16-5-3-2-4-13(16)20)22-23-18(24)27-10-15(25)11-6-7-12(19)14(21)8-11/h2-8H,9-10H2,1H3. The number of carbonyl (C=O) groups excluding carboxylic acids is 1. The SMILES string of the molecule is Cn1c(COc2ccccc2Cl)nnc1SCC(=O)c1ccc(Cl)c(Cl)c1. The first-order valence-electron chi connectivity index (χ1n) is 7.82. The molecule has 5 nitrogen and oxygen atoms in total. The Morgan fingerprint density at radius 3 is 2.59 bits per heavy atom. The maximum absolute atomic E-state index is 12.3. The fraction of sp³-hybridized carbons (Fsp3) is 0.167. The molecule has 0 aliphatic rings. The van der Waals surface area contributed by atoms with Gasteiger partial charge in [0.05, 0.1) is 20.8 Å². The molecule has 3 rings (SSSR count). The molecule has 0 aliphatic heterocycles. The Morgan fingerprint density at radius 2 is 1.85 bits per heavy atom. The van der Waals surface area contributed by atoms with E-state index in [2.05, 4.69) is 10.2 Å². The fourth-order valence-electron chi connectivity index (χ4n) is 2.18. The highest BCUT2D eigenvalue weighted by atomic mass is 35.5. The van der Waals surface area contributed by atoms with Crippen molar-refractivity contribution in [1.82, 2.24) is 14.8 Å². The Hall–Kier alpha value is -1.73. The van der Waals surface area contributed by atoms with Gasteiger partial charge in [0.25, 0.3) is 0 Å². The molecule has 1 heterocycles. The number of Topliss-reactive ketones (excluding diaryl/α,β-unsaturated/α-hetero) is 1. The number of ether oxygens (including phenoxy) is 1. The van der Waals surface area contributed by atoms with Crippen molar-refractivity contribution in [2.45, 2.75) is 11.8 Å². The molecule has 0 fully saturated rings. The smallest absolute Gasteiger partial charge is 0.191 e. The molecule has 0 N–H and O–H groups in total. The number of aromatic nitrogens is 3. The summed E-state index contributed by atoms with van der Waals surface area (Å²) < 4.78 is 7.46. The molecule has 0 saturated carbocycles. The van der Waals surface area contributed by atoms with E-state index in [0.29, 0.717) is 37.4 Å². The van der Waals surface area contributed by atoms with Crippen molar-refractivity contribution in [2.24, 2.45) is 7.05 Å². The zero-order chi connectivity index (χ0) is 19.4. The van der Waals surface area contributed by atoms with Crippen LogP contribution < -0.4 is 4.74 Å². The maximum Gasteiger partial charge on any atom is 0.191 e. The predicted octanol–water partition coefficient (Wildman–Crippen LogP) is 5.33. The van der Waals surface area contributed by atoms with Crippen LogP contribution in [0.2, 0.25) is 15.1 Å². The molecule has 0 bridgehead atoms. The monoisotopic (exact) mass is 441 g/mol. The molecule has 9 heteroatoms. The molecular weight excluding hydrogens is 429 g/mol. The lowest BCUT2D eigenvalue weighted by Crippen LogP contribution is -2.06.